The van der Waals surface area contributed by atoms with Crippen LogP contribution < -0.4 is 4.74 Å². The van der Waals surface area contributed by atoms with E-state index in [4.69, 9.17) is 4.74 Å². The summed E-state index contributed by atoms with van der Waals surface area (Å²) in [6.45, 7) is 5.96. The molecule has 1 aliphatic rings. The van der Waals surface area contributed by atoms with Gasteiger partial charge in [0, 0.05) is 11.1 Å². The van der Waals surface area contributed by atoms with Crippen LogP contribution in [-0.4, -0.2) is 28.7 Å². The standard InChI is InChI=1S/C19H24O4/c1-4-5-16(21)17-9-8-14-15(11-20)19(22)13(7-6-12(2)3)10-18(14)23-17/h6,8-11,16-17,21-22H,4-5,7H2,1-3H3/t16-,17+/m1/s1. The van der Waals surface area contributed by atoms with Gasteiger partial charge in [-0.15, -0.1) is 0 Å². The van der Waals surface area contributed by atoms with Crippen LogP contribution in [0.2, 0.25) is 0 Å². The number of hydrogen-bond acceptors (Lipinski definition) is 4. The minimum absolute atomic E-state index is 0.00273. The predicted octanol–water partition coefficient (Wildman–Crippen LogP) is 3.65. The molecule has 1 aromatic carbocycles. The molecule has 0 amide bonds. The largest absolute Gasteiger partial charge is 0.507 e. The van der Waals surface area contributed by atoms with Crippen LogP contribution in [0, 0.1) is 0 Å². The van der Waals surface area contributed by atoms with Crippen molar-refractivity contribution in [3.05, 3.63) is 40.5 Å². The Morgan fingerprint density at radius 1 is 1.43 bits per heavy atom. The average Bonchev–Trinajstić information content (AvgIpc) is 2.52. The Morgan fingerprint density at radius 3 is 2.78 bits per heavy atom. The summed E-state index contributed by atoms with van der Waals surface area (Å²) < 4.78 is 5.86. The summed E-state index contributed by atoms with van der Waals surface area (Å²) in [4.78, 5) is 11.4. The topological polar surface area (TPSA) is 66.8 Å². The summed E-state index contributed by atoms with van der Waals surface area (Å²) in [6, 6.07) is 1.76. The molecule has 23 heavy (non-hydrogen) atoms. The van der Waals surface area contributed by atoms with Crippen LogP contribution in [-0.2, 0) is 6.42 Å². The molecule has 1 heterocycles. The zero-order valence-corrected chi connectivity index (χ0v) is 13.9. The smallest absolute Gasteiger partial charge is 0.154 e. The van der Waals surface area contributed by atoms with E-state index in [2.05, 4.69) is 0 Å². The highest BCUT2D eigenvalue weighted by molar-refractivity contribution is 5.89. The van der Waals surface area contributed by atoms with Crippen LogP contribution in [0.3, 0.4) is 0 Å². The number of allylic oxidation sites excluding steroid dienone is 2. The molecule has 0 aliphatic carbocycles. The number of phenols is 1. The minimum atomic E-state index is -0.584. The molecule has 1 aliphatic heterocycles. The van der Waals surface area contributed by atoms with Crippen molar-refractivity contribution in [2.75, 3.05) is 0 Å². The lowest BCUT2D eigenvalue weighted by Crippen LogP contribution is -2.31. The van der Waals surface area contributed by atoms with Gasteiger partial charge in [0.25, 0.3) is 0 Å². The third kappa shape index (κ3) is 3.82. The molecule has 0 aromatic heterocycles. The highest BCUT2D eigenvalue weighted by Crippen LogP contribution is 2.37. The molecular weight excluding hydrogens is 292 g/mol. The van der Waals surface area contributed by atoms with E-state index in [1.54, 1.807) is 18.2 Å². The van der Waals surface area contributed by atoms with Crippen molar-refractivity contribution < 1.29 is 19.7 Å². The summed E-state index contributed by atoms with van der Waals surface area (Å²) in [5.41, 5.74) is 2.58. The van der Waals surface area contributed by atoms with Gasteiger partial charge in [0.05, 0.1) is 11.7 Å². The van der Waals surface area contributed by atoms with E-state index in [1.807, 2.05) is 26.8 Å². The second kappa shape index (κ2) is 7.47. The van der Waals surface area contributed by atoms with E-state index >= 15 is 0 Å². The summed E-state index contributed by atoms with van der Waals surface area (Å²) >= 11 is 0. The minimum Gasteiger partial charge on any atom is -0.507 e. The molecule has 0 fully saturated rings. The van der Waals surface area contributed by atoms with Gasteiger partial charge in [-0.3, -0.25) is 4.79 Å². The van der Waals surface area contributed by atoms with Crippen molar-refractivity contribution in [3.8, 4) is 11.5 Å². The van der Waals surface area contributed by atoms with Crippen molar-refractivity contribution in [3.63, 3.8) is 0 Å². The van der Waals surface area contributed by atoms with Gasteiger partial charge in [0.2, 0.25) is 0 Å². The van der Waals surface area contributed by atoms with Crippen molar-refractivity contribution in [2.45, 2.75) is 52.2 Å². The van der Waals surface area contributed by atoms with Crippen LogP contribution >= 0.6 is 0 Å². The van der Waals surface area contributed by atoms with Crippen molar-refractivity contribution in [1.29, 1.82) is 0 Å². The predicted molar refractivity (Wildman–Crippen MR) is 91.0 cm³/mol. The molecule has 4 heteroatoms. The van der Waals surface area contributed by atoms with E-state index in [-0.39, 0.29) is 11.3 Å². The molecular formula is C19H24O4. The molecule has 1 aromatic rings. The van der Waals surface area contributed by atoms with Gasteiger partial charge in [0.15, 0.2) is 6.29 Å². The molecule has 2 N–H and O–H groups in total. The monoisotopic (exact) mass is 316 g/mol. The Balaban J connectivity index is 2.40. The number of aromatic hydroxyl groups is 1. The summed E-state index contributed by atoms with van der Waals surface area (Å²) in [5.74, 6) is 0.529. The van der Waals surface area contributed by atoms with Gasteiger partial charge in [0.1, 0.15) is 17.6 Å². The number of aliphatic hydroxyl groups is 1. The lowest BCUT2D eigenvalue weighted by molar-refractivity contribution is 0.0561. The van der Waals surface area contributed by atoms with Gasteiger partial charge in [-0.05, 0) is 38.8 Å². The van der Waals surface area contributed by atoms with Gasteiger partial charge >= 0.3 is 0 Å². The maximum Gasteiger partial charge on any atom is 0.154 e. The molecule has 0 saturated heterocycles. The van der Waals surface area contributed by atoms with Gasteiger partial charge in [-0.25, -0.2) is 0 Å². The Bertz CT molecular complexity index is 639. The average molecular weight is 316 g/mol. The van der Waals surface area contributed by atoms with Crippen LogP contribution in [0.4, 0.5) is 0 Å². The maximum absolute atomic E-state index is 11.4. The van der Waals surface area contributed by atoms with E-state index in [9.17, 15) is 15.0 Å². The molecule has 0 unspecified atom stereocenters. The first kappa shape index (κ1) is 17.3. The lowest BCUT2D eigenvalue weighted by Gasteiger charge is -2.27. The highest BCUT2D eigenvalue weighted by Gasteiger charge is 2.25. The molecule has 0 bridgehead atoms. The first-order valence-electron chi connectivity index (χ1n) is 7.98. The maximum atomic E-state index is 11.4. The van der Waals surface area contributed by atoms with Crippen molar-refractivity contribution in [1.82, 2.24) is 0 Å². The molecule has 0 spiro atoms. The van der Waals surface area contributed by atoms with E-state index in [0.717, 1.165) is 12.0 Å². The number of ether oxygens (including phenoxy) is 1. The number of carbonyl (C=O) groups is 1. The first-order valence-corrected chi connectivity index (χ1v) is 7.98. The number of aliphatic hydroxyl groups excluding tert-OH is 1. The number of phenolic OH excluding ortho intramolecular Hbond substituents is 1. The fraction of sp³-hybridized carbons (Fsp3) is 0.421. The summed E-state index contributed by atoms with van der Waals surface area (Å²) in [5, 5.41) is 20.4. The Labute approximate surface area is 137 Å². The fourth-order valence-electron chi connectivity index (χ4n) is 2.64. The third-order valence-corrected chi connectivity index (χ3v) is 3.95. The Kier molecular flexibility index (Phi) is 5.61. The SMILES string of the molecule is CCC[C@@H](O)[C@@H]1C=Cc2c(cc(CC=C(C)C)c(O)c2C=O)O1. The molecule has 4 nitrogen and oxygen atoms in total. The van der Waals surface area contributed by atoms with E-state index in [1.165, 1.54) is 0 Å². The number of hydrogen-bond donors (Lipinski definition) is 2. The highest BCUT2D eigenvalue weighted by atomic mass is 16.5. The Hall–Kier alpha value is -2.07. The third-order valence-electron chi connectivity index (χ3n) is 3.95. The van der Waals surface area contributed by atoms with Crippen LogP contribution in [0.1, 0.15) is 55.1 Å². The van der Waals surface area contributed by atoms with Crippen molar-refractivity contribution >= 4 is 12.4 Å². The van der Waals surface area contributed by atoms with Crippen LogP contribution in [0.5, 0.6) is 11.5 Å². The first-order chi connectivity index (χ1) is 11.0. The zero-order valence-electron chi connectivity index (χ0n) is 13.9. The second-order valence-corrected chi connectivity index (χ2v) is 6.11. The second-order valence-electron chi connectivity index (χ2n) is 6.11. The van der Waals surface area contributed by atoms with Crippen LogP contribution in [0.15, 0.2) is 23.8 Å². The number of aldehydes is 1. The zero-order chi connectivity index (χ0) is 17.0. The van der Waals surface area contributed by atoms with Crippen molar-refractivity contribution in [2.24, 2.45) is 0 Å². The quantitative estimate of drug-likeness (QED) is 0.621. The van der Waals surface area contributed by atoms with E-state index < -0.39 is 12.2 Å². The normalized spacial score (nSPS) is 17.1. The summed E-state index contributed by atoms with van der Waals surface area (Å²) in [6.07, 6.45) is 7.14. The van der Waals surface area contributed by atoms with Gasteiger partial charge in [-0.2, -0.15) is 0 Å². The van der Waals surface area contributed by atoms with Gasteiger partial charge in [-0.1, -0.05) is 31.1 Å². The number of rotatable bonds is 6. The number of fused-ring (bicyclic) bond motifs is 1. The molecule has 2 atom stereocenters. The van der Waals surface area contributed by atoms with E-state index in [0.29, 0.717) is 36.0 Å². The molecule has 0 radical (unpaired) electrons. The molecule has 2 rings (SSSR count). The Morgan fingerprint density at radius 2 is 2.17 bits per heavy atom. The fourth-order valence-corrected chi connectivity index (χ4v) is 2.64. The van der Waals surface area contributed by atoms with Gasteiger partial charge < -0.3 is 14.9 Å². The molecule has 124 valence electrons. The van der Waals surface area contributed by atoms with Crippen LogP contribution in [0.25, 0.3) is 6.08 Å². The number of benzene rings is 1. The lowest BCUT2D eigenvalue weighted by atomic mass is 9.96. The number of carbonyl (C=O) groups excluding carboxylic acids is 1. The molecule has 0 saturated carbocycles. The summed E-state index contributed by atoms with van der Waals surface area (Å²) in [7, 11) is 0.